The number of amides is 1. The van der Waals surface area contributed by atoms with Crippen molar-refractivity contribution in [1.29, 1.82) is 0 Å². The van der Waals surface area contributed by atoms with Crippen LogP contribution in [0.25, 0.3) is 10.8 Å². The number of hydrazone groups is 1. The lowest BCUT2D eigenvalue weighted by molar-refractivity contribution is -0.120. The highest BCUT2D eigenvalue weighted by atomic mass is 79.9. The van der Waals surface area contributed by atoms with Gasteiger partial charge in [0, 0.05) is 4.47 Å². The molecule has 32 heavy (non-hydrogen) atoms. The second-order valence-corrected chi connectivity index (χ2v) is 7.99. The number of benzene rings is 4. The molecule has 1 N–H and O–H groups in total. The number of fused-ring (bicyclic) bond motifs is 1. The van der Waals surface area contributed by atoms with Gasteiger partial charge in [-0.2, -0.15) is 5.10 Å². The van der Waals surface area contributed by atoms with Gasteiger partial charge in [0.1, 0.15) is 5.75 Å². The topological polar surface area (TPSA) is 67.8 Å². The number of carbonyl (C=O) groups is 2. The summed E-state index contributed by atoms with van der Waals surface area (Å²) in [6.07, 6.45) is 1.78. The number of halogens is 1. The molecule has 0 saturated carbocycles. The maximum absolute atomic E-state index is 12.3. The second-order valence-electron chi connectivity index (χ2n) is 7.08. The molecule has 0 spiro atoms. The van der Waals surface area contributed by atoms with Crippen molar-refractivity contribution in [3.8, 4) is 5.75 Å². The average molecular weight is 487 g/mol. The van der Waals surface area contributed by atoms with E-state index in [-0.39, 0.29) is 12.3 Å². The first-order valence-corrected chi connectivity index (χ1v) is 10.7. The summed E-state index contributed by atoms with van der Waals surface area (Å²) in [5, 5.41) is 6.18. The standard InChI is InChI=1S/C26H19BrN2O3/c27-22-9-4-8-21(15-22)26(31)32-23-13-11-18(12-14-23)17-28-29-25(30)16-20-7-3-6-19-5-1-2-10-24(19)20/h1-15,17H,16H2,(H,29,30). The molecule has 0 fully saturated rings. The summed E-state index contributed by atoms with van der Waals surface area (Å²) in [7, 11) is 0. The molecule has 0 unspecified atom stereocenters. The molecular formula is C26H19BrN2O3. The van der Waals surface area contributed by atoms with Crippen LogP contribution in [0.4, 0.5) is 0 Å². The van der Waals surface area contributed by atoms with Gasteiger partial charge in [-0.15, -0.1) is 0 Å². The molecule has 1 amide bonds. The summed E-state index contributed by atoms with van der Waals surface area (Å²) in [4.78, 5) is 24.5. The predicted octanol–water partition coefficient (Wildman–Crippen LogP) is 5.51. The van der Waals surface area contributed by atoms with Gasteiger partial charge >= 0.3 is 5.97 Å². The van der Waals surface area contributed by atoms with Crippen LogP contribution in [-0.4, -0.2) is 18.1 Å². The smallest absolute Gasteiger partial charge is 0.343 e. The van der Waals surface area contributed by atoms with Crippen LogP contribution in [0.2, 0.25) is 0 Å². The number of esters is 1. The minimum atomic E-state index is -0.437. The molecule has 5 nitrogen and oxygen atoms in total. The highest BCUT2D eigenvalue weighted by Gasteiger charge is 2.09. The van der Waals surface area contributed by atoms with Crippen LogP contribution in [0.15, 0.2) is 101 Å². The van der Waals surface area contributed by atoms with E-state index in [1.54, 1.807) is 48.7 Å². The Kier molecular flexibility index (Phi) is 6.72. The van der Waals surface area contributed by atoms with Crippen molar-refractivity contribution < 1.29 is 14.3 Å². The molecule has 158 valence electrons. The summed E-state index contributed by atoms with van der Waals surface area (Å²) in [6.45, 7) is 0. The molecule has 0 saturated heterocycles. The number of hydrogen-bond donors (Lipinski definition) is 1. The maximum Gasteiger partial charge on any atom is 0.343 e. The van der Waals surface area contributed by atoms with E-state index in [0.29, 0.717) is 11.3 Å². The Morgan fingerprint density at radius 1 is 0.906 bits per heavy atom. The first-order chi connectivity index (χ1) is 15.6. The van der Waals surface area contributed by atoms with E-state index < -0.39 is 5.97 Å². The third kappa shape index (κ3) is 5.47. The van der Waals surface area contributed by atoms with Crippen molar-refractivity contribution in [1.82, 2.24) is 5.43 Å². The molecule has 0 aliphatic heterocycles. The van der Waals surface area contributed by atoms with Gasteiger partial charge in [0.05, 0.1) is 18.2 Å². The minimum Gasteiger partial charge on any atom is -0.423 e. The van der Waals surface area contributed by atoms with Crippen LogP contribution in [0.3, 0.4) is 0 Å². The Morgan fingerprint density at radius 3 is 2.47 bits per heavy atom. The fraction of sp³-hybridized carbons (Fsp3) is 0.0385. The number of hydrogen-bond acceptors (Lipinski definition) is 4. The monoisotopic (exact) mass is 486 g/mol. The minimum absolute atomic E-state index is 0.197. The van der Waals surface area contributed by atoms with E-state index in [0.717, 1.165) is 26.4 Å². The molecule has 0 aliphatic rings. The predicted molar refractivity (Wildman–Crippen MR) is 129 cm³/mol. The third-order valence-corrected chi connectivity index (χ3v) is 5.28. The van der Waals surface area contributed by atoms with E-state index >= 15 is 0 Å². The van der Waals surface area contributed by atoms with Crippen LogP contribution in [0, 0.1) is 0 Å². The molecule has 0 heterocycles. The highest BCUT2D eigenvalue weighted by Crippen LogP contribution is 2.19. The number of ether oxygens (including phenoxy) is 1. The van der Waals surface area contributed by atoms with Gasteiger partial charge in [-0.1, -0.05) is 64.5 Å². The zero-order valence-corrected chi connectivity index (χ0v) is 18.6. The fourth-order valence-corrected chi connectivity index (χ4v) is 3.64. The SMILES string of the molecule is O=C(Cc1cccc2ccccc12)NN=Cc1ccc(OC(=O)c2cccc(Br)c2)cc1. The molecule has 4 aromatic rings. The molecule has 0 bridgehead atoms. The van der Waals surface area contributed by atoms with E-state index in [4.69, 9.17) is 4.74 Å². The lowest BCUT2D eigenvalue weighted by Crippen LogP contribution is -2.19. The summed E-state index contributed by atoms with van der Waals surface area (Å²) >= 11 is 3.34. The van der Waals surface area contributed by atoms with Gasteiger partial charge in [0.2, 0.25) is 5.91 Å². The first-order valence-electron chi connectivity index (χ1n) is 9.95. The van der Waals surface area contributed by atoms with Gasteiger partial charge in [-0.25, -0.2) is 10.2 Å². The summed E-state index contributed by atoms with van der Waals surface area (Å²) in [5.74, 6) is -0.210. The number of nitrogens with zero attached hydrogens (tertiary/aromatic N) is 1. The zero-order chi connectivity index (χ0) is 22.3. The van der Waals surface area contributed by atoms with Gasteiger partial charge in [-0.05, 0) is 64.4 Å². The van der Waals surface area contributed by atoms with Crippen molar-refractivity contribution in [2.75, 3.05) is 0 Å². The third-order valence-electron chi connectivity index (χ3n) is 4.78. The summed E-state index contributed by atoms with van der Waals surface area (Å²) < 4.78 is 6.19. The average Bonchev–Trinajstić information content (AvgIpc) is 2.80. The van der Waals surface area contributed by atoms with Crippen molar-refractivity contribution in [2.45, 2.75) is 6.42 Å². The Morgan fingerprint density at radius 2 is 1.66 bits per heavy atom. The largest absolute Gasteiger partial charge is 0.423 e. The molecule has 0 radical (unpaired) electrons. The molecule has 0 aliphatic carbocycles. The van der Waals surface area contributed by atoms with E-state index in [9.17, 15) is 9.59 Å². The summed E-state index contributed by atoms with van der Waals surface area (Å²) in [5.41, 5.74) is 4.73. The highest BCUT2D eigenvalue weighted by molar-refractivity contribution is 9.10. The Bertz CT molecular complexity index is 1290. The normalized spacial score (nSPS) is 10.9. The van der Waals surface area contributed by atoms with Gasteiger partial charge in [-0.3, -0.25) is 4.79 Å². The number of carbonyl (C=O) groups excluding carboxylic acids is 2. The summed E-state index contributed by atoms with van der Waals surface area (Å²) in [6, 6.07) is 27.7. The maximum atomic E-state index is 12.3. The van der Waals surface area contributed by atoms with Gasteiger partial charge in [0.25, 0.3) is 0 Å². The van der Waals surface area contributed by atoms with Gasteiger partial charge in [0.15, 0.2) is 0 Å². The van der Waals surface area contributed by atoms with Crippen molar-refractivity contribution in [3.63, 3.8) is 0 Å². The van der Waals surface area contributed by atoms with Crippen molar-refractivity contribution >= 4 is 44.8 Å². The lowest BCUT2D eigenvalue weighted by Gasteiger charge is -2.06. The lowest BCUT2D eigenvalue weighted by atomic mass is 10.0. The van der Waals surface area contributed by atoms with Crippen LogP contribution in [0.5, 0.6) is 5.75 Å². The molecule has 0 aromatic heterocycles. The van der Waals surface area contributed by atoms with Crippen LogP contribution in [-0.2, 0) is 11.2 Å². The number of rotatable bonds is 6. The van der Waals surface area contributed by atoms with Crippen molar-refractivity contribution in [3.05, 3.63) is 112 Å². The molecule has 4 rings (SSSR count). The molecule has 6 heteroatoms. The van der Waals surface area contributed by atoms with E-state index in [1.807, 2.05) is 48.5 Å². The van der Waals surface area contributed by atoms with Crippen LogP contribution >= 0.6 is 15.9 Å². The molecule has 0 atom stereocenters. The fourth-order valence-electron chi connectivity index (χ4n) is 3.24. The second kappa shape index (κ2) is 10.0. The Labute approximate surface area is 193 Å². The van der Waals surface area contributed by atoms with Crippen LogP contribution in [0.1, 0.15) is 21.5 Å². The Hall–Kier alpha value is -3.77. The van der Waals surface area contributed by atoms with E-state index in [1.165, 1.54) is 0 Å². The zero-order valence-electron chi connectivity index (χ0n) is 17.0. The Balaban J connectivity index is 1.32. The quantitative estimate of drug-likeness (QED) is 0.169. The molecule has 4 aromatic carbocycles. The number of nitrogens with one attached hydrogen (secondary N) is 1. The molecular weight excluding hydrogens is 468 g/mol. The first kappa shape index (κ1) is 21.5. The van der Waals surface area contributed by atoms with E-state index in [2.05, 4.69) is 26.5 Å². The van der Waals surface area contributed by atoms with Crippen LogP contribution < -0.4 is 10.2 Å². The van der Waals surface area contributed by atoms with Gasteiger partial charge < -0.3 is 4.74 Å². The van der Waals surface area contributed by atoms with Crippen molar-refractivity contribution in [2.24, 2.45) is 5.10 Å².